The van der Waals surface area contributed by atoms with Gasteiger partial charge in [0.1, 0.15) is 6.04 Å². The van der Waals surface area contributed by atoms with Crippen LogP contribution in [0, 0.1) is 5.92 Å². The number of aromatic nitrogens is 2. The summed E-state index contributed by atoms with van der Waals surface area (Å²) in [6, 6.07) is -0.236. The van der Waals surface area contributed by atoms with Crippen LogP contribution in [0.2, 0.25) is 0 Å². The highest BCUT2D eigenvalue weighted by molar-refractivity contribution is 5.93. The molecule has 25 heavy (non-hydrogen) atoms. The van der Waals surface area contributed by atoms with Gasteiger partial charge < -0.3 is 14.6 Å². The zero-order chi connectivity index (χ0) is 17.6. The topological polar surface area (TPSA) is 77.2 Å². The predicted octanol–water partition coefficient (Wildman–Crippen LogP) is 3.67. The van der Waals surface area contributed by atoms with E-state index in [-0.39, 0.29) is 23.8 Å². The third kappa shape index (κ3) is 4.69. The van der Waals surface area contributed by atoms with E-state index in [1.165, 1.54) is 12.8 Å². The van der Waals surface area contributed by atoms with Gasteiger partial charge in [0.2, 0.25) is 11.8 Å². The number of amides is 1. The van der Waals surface area contributed by atoms with Crippen LogP contribution in [-0.2, 0) is 9.53 Å². The van der Waals surface area contributed by atoms with Crippen LogP contribution in [0.1, 0.15) is 82.5 Å². The second kappa shape index (κ2) is 8.61. The quantitative estimate of drug-likeness (QED) is 0.879. The molecule has 1 saturated heterocycles. The average Bonchev–Trinajstić information content (AvgIpc) is 2.95. The van der Waals surface area contributed by atoms with Crippen molar-refractivity contribution >= 4 is 5.91 Å². The molecule has 1 amide bonds. The van der Waals surface area contributed by atoms with Crippen molar-refractivity contribution in [1.82, 2.24) is 15.5 Å². The second-order valence-electron chi connectivity index (χ2n) is 7.38. The summed E-state index contributed by atoms with van der Waals surface area (Å²) in [5.41, 5.74) is 0.901. The normalized spacial score (nSPS) is 20.8. The van der Waals surface area contributed by atoms with E-state index in [2.05, 4.69) is 21.5 Å². The van der Waals surface area contributed by atoms with E-state index in [0.29, 0.717) is 24.9 Å². The van der Waals surface area contributed by atoms with Crippen LogP contribution in [0.5, 0.6) is 0 Å². The number of hydrogen-bond donors (Lipinski definition) is 1. The summed E-state index contributed by atoms with van der Waals surface area (Å²) in [7, 11) is 0. The van der Waals surface area contributed by atoms with Crippen molar-refractivity contribution in [2.75, 3.05) is 13.2 Å². The Labute approximate surface area is 149 Å². The molecule has 0 bridgehead atoms. The van der Waals surface area contributed by atoms with E-state index in [0.717, 1.165) is 37.7 Å². The number of rotatable bonds is 5. The molecule has 1 N–H and O–H groups in total. The summed E-state index contributed by atoms with van der Waals surface area (Å²) in [5, 5.41) is 7.28. The van der Waals surface area contributed by atoms with Crippen LogP contribution in [0.3, 0.4) is 0 Å². The van der Waals surface area contributed by atoms with Gasteiger partial charge in [-0.3, -0.25) is 4.79 Å². The smallest absolute Gasteiger partial charge is 0.249 e. The monoisotopic (exact) mass is 347 g/mol. The van der Waals surface area contributed by atoms with Crippen LogP contribution in [0.25, 0.3) is 0 Å². The molecule has 2 heterocycles. The molecule has 1 aromatic rings. The number of nitrogens with zero attached hydrogens (tertiary/aromatic N) is 2. The molecule has 3 rings (SSSR count). The minimum atomic E-state index is -0.236. The average molecular weight is 347 g/mol. The first-order chi connectivity index (χ1) is 12.1. The van der Waals surface area contributed by atoms with Crippen molar-refractivity contribution in [3.8, 4) is 0 Å². The minimum absolute atomic E-state index is 0.0164. The van der Waals surface area contributed by atoms with Crippen molar-refractivity contribution in [2.45, 2.75) is 70.8 Å². The molecular weight excluding hydrogens is 318 g/mol. The van der Waals surface area contributed by atoms with Crippen molar-refractivity contribution in [2.24, 2.45) is 5.92 Å². The maximum absolute atomic E-state index is 12.8. The molecule has 1 unspecified atom stereocenters. The molecule has 0 radical (unpaired) electrons. The number of hydrogen-bond acceptors (Lipinski definition) is 5. The van der Waals surface area contributed by atoms with Gasteiger partial charge in [0.15, 0.2) is 5.82 Å². The summed E-state index contributed by atoms with van der Waals surface area (Å²) < 4.78 is 11.0. The molecule has 2 aliphatic rings. The Hall–Kier alpha value is -1.69. The number of carbonyl (C=O) groups is 1. The van der Waals surface area contributed by atoms with Gasteiger partial charge in [-0.2, -0.15) is 4.98 Å². The Balaban J connectivity index is 1.77. The standard InChI is InChI=1S/C19H29N3O3/c1-13(2)17-21-19(25-22-17)16(14-9-11-24-12-10-14)20-18(23)15-7-5-3-4-6-8-15/h7,13-14,16H,3-6,8-12H2,1-2H3,(H,20,23). The zero-order valence-corrected chi connectivity index (χ0v) is 15.3. The lowest BCUT2D eigenvalue weighted by molar-refractivity contribution is -0.119. The van der Waals surface area contributed by atoms with Crippen LogP contribution < -0.4 is 5.32 Å². The van der Waals surface area contributed by atoms with Gasteiger partial charge in [-0.15, -0.1) is 0 Å². The van der Waals surface area contributed by atoms with Crippen LogP contribution in [-0.4, -0.2) is 29.3 Å². The maximum Gasteiger partial charge on any atom is 0.249 e. The lowest BCUT2D eigenvalue weighted by atomic mass is 9.91. The van der Waals surface area contributed by atoms with Crippen LogP contribution in [0.4, 0.5) is 0 Å². The predicted molar refractivity (Wildman–Crippen MR) is 94.0 cm³/mol. The number of carbonyl (C=O) groups excluding carboxylic acids is 1. The van der Waals surface area contributed by atoms with Gasteiger partial charge in [-0.1, -0.05) is 31.5 Å². The van der Waals surface area contributed by atoms with Crippen LogP contribution >= 0.6 is 0 Å². The van der Waals surface area contributed by atoms with Gasteiger partial charge in [-0.25, -0.2) is 0 Å². The molecule has 6 heteroatoms. The molecule has 0 spiro atoms. The van der Waals surface area contributed by atoms with Crippen molar-refractivity contribution < 1.29 is 14.1 Å². The Morgan fingerprint density at radius 3 is 2.76 bits per heavy atom. The summed E-state index contributed by atoms with van der Waals surface area (Å²) in [5.74, 6) is 1.70. The van der Waals surface area contributed by atoms with E-state index in [9.17, 15) is 4.79 Å². The molecule has 0 saturated carbocycles. The molecule has 138 valence electrons. The van der Waals surface area contributed by atoms with Crippen molar-refractivity contribution in [3.63, 3.8) is 0 Å². The summed E-state index contributed by atoms with van der Waals surface area (Å²) >= 11 is 0. The fourth-order valence-electron chi connectivity index (χ4n) is 3.49. The highest BCUT2D eigenvalue weighted by Gasteiger charge is 2.32. The molecule has 1 aliphatic heterocycles. The largest absolute Gasteiger partial charge is 0.381 e. The van der Waals surface area contributed by atoms with Crippen molar-refractivity contribution in [1.29, 1.82) is 0 Å². The molecular formula is C19H29N3O3. The highest BCUT2D eigenvalue weighted by Crippen LogP contribution is 2.30. The maximum atomic E-state index is 12.8. The van der Waals surface area contributed by atoms with Gasteiger partial charge in [0.05, 0.1) is 0 Å². The fraction of sp³-hybridized carbons (Fsp3) is 0.737. The Morgan fingerprint density at radius 1 is 1.24 bits per heavy atom. The first-order valence-electron chi connectivity index (χ1n) is 9.56. The van der Waals surface area contributed by atoms with E-state index in [4.69, 9.17) is 9.26 Å². The Morgan fingerprint density at radius 2 is 2.04 bits per heavy atom. The van der Waals surface area contributed by atoms with Gasteiger partial charge in [0.25, 0.3) is 0 Å². The Bertz CT molecular complexity index is 603. The molecule has 0 aromatic carbocycles. The summed E-state index contributed by atoms with van der Waals surface area (Å²) in [4.78, 5) is 17.4. The zero-order valence-electron chi connectivity index (χ0n) is 15.3. The van der Waals surface area contributed by atoms with Gasteiger partial charge in [0, 0.05) is 24.7 Å². The molecule has 1 atom stereocenters. The van der Waals surface area contributed by atoms with E-state index >= 15 is 0 Å². The van der Waals surface area contributed by atoms with Crippen LogP contribution in [0.15, 0.2) is 16.2 Å². The van der Waals surface area contributed by atoms with E-state index in [1.54, 1.807) is 0 Å². The van der Waals surface area contributed by atoms with Gasteiger partial charge in [-0.05, 0) is 44.4 Å². The third-order valence-corrected chi connectivity index (χ3v) is 5.10. The Kier molecular flexibility index (Phi) is 6.24. The first kappa shape index (κ1) is 18.1. The number of nitrogens with one attached hydrogen (secondary N) is 1. The minimum Gasteiger partial charge on any atom is -0.381 e. The third-order valence-electron chi connectivity index (χ3n) is 5.10. The lowest BCUT2D eigenvalue weighted by Gasteiger charge is -2.28. The van der Waals surface area contributed by atoms with E-state index < -0.39 is 0 Å². The molecule has 1 fully saturated rings. The number of allylic oxidation sites excluding steroid dienone is 1. The first-order valence-corrected chi connectivity index (χ1v) is 9.56. The molecule has 1 aliphatic carbocycles. The second-order valence-corrected chi connectivity index (χ2v) is 7.38. The van der Waals surface area contributed by atoms with E-state index in [1.807, 2.05) is 13.8 Å². The molecule has 1 aromatic heterocycles. The SMILES string of the molecule is CC(C)c1noc(C(NC(=O)C2=CCCCCC2)C2CCOCC2)n1. The fourth-order valence-corrected chi connectivity index (χ4v) is 3.49. The van der Waals surface area contributed by atoms with Crippen molar-refractivity contribution in [3.05, 3.63) is 23.4 Å². The number of ether oxygens (including phenoxy) is 1. The lowest BCUT2D eigenvalue weighted by Crippen LogP contribution is -2.37. The highest BCUT2D eigenvalue weighted by atomic mass is 16.5. The summed E-state index contributed by atoms with van der Waals surface area (Å²) in [6.07, 6.45) is 9.17. The summed E-state index contributed by atoms with van der Waals surface area (Å²) in [6.45, 7) is 5.50. The van der Waals surface area contributed by atoms with Gasteiger partial charge >= 0.3 is 0 Å². The molecule has 6 nitrogen and oxygen atoms in total.